The third-order valence-corrected chi connectivity index (χ3v) is 7.87. The number of anilines is 1. The van der Waals surface area contributed by atoms with Crippen molar-refractivity contribution in [2.75, 3.05) is 25.5 Å². The summed E-state index contributed by atoms with van der Waals surface area (Å²) in [5.74, 6) is 0.394. The van der Waals surface area contributed by atoms with E-state index in [9.17, 15) is 14.3 Å². The zero-order chi connectivity index (χ0) is 29.1. The summed E-state index contributed by atoms with van der Waals surface area (Å²) in [4.78, 5) is 18.7. The van der Waals surface area contributed by atoms with Crippen molar-refractivity contribution >= 4 is 23.7 Å². The maximum Gasteiger partial charge on any atom is 0.166 e. The van der Waals surface area contributed by atoms with Crippen LogP contribution in [0.2, 0.25) is 5.02 Å². The predicted molar refractivity (Wildman–Crippen MR) is 157 cm³/mol. The van der Waals surface area contributed by atoms with Gasteiger partial charge in [0.05, 0.1) is 29.5 Å². The summed E-state index contributed by atoms with van der Waals surface area (Å²) < 4.78 is 22.3. The molecular formula is C31H40ClFN4O3. The Morgan fingerprint density at radius 3 is 2.67 bits per heavy atom. The molecule has 9 heteroatoms. The molecule has 0 spiro atoms. The van der Waals surface area contributed by atoms with Crippen LogP contribution in [0.3, 0.4) is 0 Å². The number of carbonyl (C=O) groups is 1. The number of aromatic nitrogens is 2. The molecule has 1 aromatic carbocycles. The van der Waals surface area contributed by atoms with Crippen LogP contribution in [0.25, 0.3) is 11.1 Å². The molecule has 1 atom stereocenters. The van der Waals surface area contributed by atoms with E-state index in [1.165, 1.54) is 12.1 Å². The number of carbonyl (C=O) groups excluding carboxylic acids is 1. The molecule has 3 heterocycles. The van der Waals surface area contributed by atoms with Gasteiger partial charge in [0, 0.05) is 54.6 Å². The second-order valence-corrected chi connectivity index (χ2v) is 12.4. The smallest absolute Gasteiger partial charge is 0.166 e. The molecule has 0 radical (unpaired) electrons. The first-order valence-corrected chi connectivity index (χ1v) is 14.1. The number of aldehydes is 1. The van der Waals surface area contributed by atoms with E-state index in [2.05, 4.69) is 29.0 Å². The monoisotopic (exact) mass is 570 g/mol. The van der Waals surface area contributed by atoms with Crippen LogP contribution >= 0.6 is 11.6 Å². The van der Waals surface area contributed by atoms with Gasteiger partial charge in [-0.15, -0.1) is 0 Å². The van der Waals surface area contributed by atoms with E-state index in [0.717, 1.165) is 41.6 Å². The van der Waals surface area contributed by atoms with Crippen LogP contribution in [0.5, 0.6) is 0 Å². The number of aliphatic hydroxyl groups is 1. The van der Waals surface area contributed by atoms with Crippen molar-refractivity contribution in [3.8, 4) is 11.1 Å². The van der Waals surface area contributed by atoms with Gasteiger partial charge in [-0.05, 0) is 83.0 Å². The van der Waals surface area contributed by atoms with Gasteiger partial charge in [0.15, 0.2) is 6.29 Å². The molecular weight excluding hydrogens is 531 g/mol. The van der Waals surface area contributed by atoms with Gasteiger partial charge in [-0.25, -0.2) is 9.37 Å². The molecule has 216 valence electrons. The fraction of sp³-hybridized carbons (Fsp3) is 0.484. The highest BCUT2D eigenvalue weighted by molar-refractivity contribution is 6.33. The highest BCUT2D eigenvalue weighted by Gasteiger charge is 2.40. The standard InChI is InChI=1S/C31H40ClFN4O3/c1-21(2)35-29-12-27(28(32)13-34-29)24-11-26(17-39)37(15-24)19-31(9-8-30(3,4)40-20-31)18-36(5)14-23-10-25(33)7-6-22(23)16-38/h6-7,10-13,15,17,21,38H,8-9,14,16,18-20H2,1-5H3,(H,34,35). The molecule has 0 saturated carbocycles. The summed E-state index contributed by atoms with van der Waals surface area (Å²) in [6, 6.07) is 8.46. The van der Waals surface area contributed by atoms with Crippen molar-refractivity contribution in [3.05, 3.63) is 70.4 Å². The van der Waals surface area contributed by atoms with Crippen LogP contribution in [0.4, 0.5) is 10.2 Å². The largest absolute Gasteiger partial charge is 0.392 e. The minimum absolute atomic E-state index is 0.146. The zero-order valence-corrected chi connectivity index (χ0v) is 24.8. The Bertz CT molecular complexity index is 1330. The minimum atomic E-state index is -0.324. The Morgan fingerprint density at radius 1 is 1.25 bits per heavy atom. The predicted octanol–water partition coefficient (Wildman–Crippen LogP) is 6.18. The van der Waals surface area contributed by atoms with E-state index in [1.54, 1.807) is 12.3 Å². The lowest BCUT2D eigenvalue weighted by Gasteiger charge is -2.45. The lowest BCUT2D eigenvalue weighted by molar-refractivity contribution is -0.125. The second kappa shape index (κ2) is 12.4. The fourth-order valence-electron chi connectivity index (χ4n) is 5.48. The van der Waals surface area contributed by atoms with Crippen LogP contribution < -0.4 is 5.32 Å². The van der Waals surface area contributed by atoms with Gasteiger partial charge in [0.2, 0.25) is 0 Å². The zero-order valence-electron chi connectivity index (χ0n) is 24.0. The number of aliphatic hydroxyl groups excluding tert-OH is 1. The van der Waals surface area contributed by atoms with E-state index >= 15 is 0 Å². The van der Waals surface area contributed by atoms with Gasteiger partial charge in [0.25, 0.3) is 0 Å². The number of ether oxygens (including phenoxy) is 1. The Hall–Kier alpha value is -2.78. The van der Waals surface area contributed by atoms with Gasteiger partial charge in [-0.3, -0.25) is 4.79 Å². The van der Waals surface area contributed by atoms with Crippen LogP contribution in [-0.2, 0) is 24.4 Å². The maximum atomic E-state index is 14.0. The molecule has 2 aromatic heterocycles. The molecule has 0 amide bonds. The molecule has 4 rings (SSSR count). The van der Waals surface area contributed by atoms with Crippen molar-refractivity contribution < 1.29 is 19.0 Å². The molecule has 1 aliphatic heterocycles. The first-order chi connectivity index (χ1) is 18.9. The average Bonchev–Trinajstić information content (AvgIpc) is 3.29. The Balaban J connectivity index is 1.63. The summed E-state index contributed by atoms with van der Waals surface area (Å²) in [6.45, 7) is 10.4. The van der Waals surface area contributed by atoms with Crippen molar-refractivity contribution in [3.63, 3.8) is 0 Å². The number of benzene rings is 1. The molecule has 0 aliphatic carbocycles. The number of nitrogens with zero attached hydrogens (tertiary/aromatic N) is 3. The third kappa shape index (κ3) is 7.29. The molecule has 3 aromatic rings. The summed E-state index contributed by atoms with van der Waals surface area (Å²) in [5, 5.41) is 13.6. The van der Waals surface area contributed by atoms with E-state index < -0.39 is 0 Å². The average molecular weight is 571 g/mol. The van der Waals surface area contributed by atoms with Crippen molar-refractivity contribution in [1.82, 2.24) is 14.5 Å². The van der Waals surface area contributed by atoms with E-state index in [-0.39, 0.29) is 29.5 Å². The number of hydrogen-bond donors (Lipinski definition) is 2. The van der Waals surface area contributed by atoms with Crippen LogP contribution in [0, 0.1) is 11.2 Å². The van der Waals surface area contributed by atoms with Gasteiger partial charge in [-0.1, -0.05) is 17.7 Å². The summed E-state index contributed by atoms with van der Waals surface area (Å²) >= 11 is 6.55. The molecule has 1 unspecified atom stereocenters. The van der Waals surface area contributed by atoms with Gasteiger partial charge >= 0.3 is 0 Å². The van der Waals surface area contributed by atoms with Gasteiger partial charge in [-0.2, -0.15) is 0 Å². The van der Waals surface area contributed by atoms with Crippen molar-refractivity contribution in [2.45, 2.75) is 71.9 Å². The topological polar surface area (TPSA) is 79.6 Å². The Morgan fingerprint density at radius 2 is 2.02 bits per heavy atom. The SMILES string of the molecule is CC(C)Nc1cc(-c2cc(C=O)n(CC3(CN(C)Cc4cc(F)ccc4CO)CCC(C)(C)OC3)c2)c(Cl)cn1. The highest BCUT2D eigenvalue weighted by Crippen LogP contribution is 2.40. The van der Waals surface area contributed by atoms with Gasteiger partial charge < -0.3 is 24.6 Å². The van der Waals surface area contributed by atoms with Gasteiger partial charge in [0.1, 0.15) is 11.6 Å². The van der Waals surface area contributed by atoms with Crippen LogP contribution in [-0.4, -0.2) is 57.7 Å². The molecule has 1 aliphatic rings. The van der Waals surface area contributed by atoms with E-state index in [0.29, 0.717) is 42.5 Å². The molecule has 1 fully saturated rings. The lowest BCUT2D eigenvalue weighted by atomic mass is 9.77. The highest BCUT2D eigenvalue weighted by atomic mass is 35.5. The van der Waals surface area contributed by atoms with Crippen LogP contribution in [0.15, 0.2) is 42.7 Å². The van der Waals surface area contributed by atoms with E-state index in [4.69, 9.17) is 16.3 Å². The molecule has 7 nitrogen and oxygen atoms in total. The minimum Gasteiger partial charge on any atom is -0.392 e. The maximum absolute atomic E-state index is 14.0. The quantitative estimate of drug-likeness (QED) is 0.268. The van der Waals surface area contributed by atoms with Crippen molar-refractivity contribution in [1.29, 1.82) is 0 Å². The number of nitrogens with one attached hydrogen (secondary N) is 1. The summed E-state index contributed by atoms with van der Waals surface area (Å²) in [5.41, 5.74) is 3.15. The Labute approximate surface area is 241 Å². The fourth-order valence-corrected chi connectivity index (χ4v) is 5.69. The normalized spacial score (nSPS) is 18.9. The summed E-state index contributed by atoms with van der Waals surface area (Å²) in [6.07, 6.45) is 6.23. The molecule has 2 N–H and O–H groups in total. The number of rotatable bonds is 11. The van der Waals surface area contributed by atoms with Crippen LogP contribution in [0.1, 0.15) is 62.2 Å². The molecule has 0 bridgehead atoms. The second-order valence-electron chi connectivity index (χ2n) is 12.0. The number of pyridine rings is 1. The lowest BCUT2D eigenvalue weighted by Crippen LogP contribution is -2.49. The first-order valence-electron chi connectivity index (χ1n) is 13.7. The Kier molecular flexibility index (Phi) is 9.35. The molecule has 1 saturated heterocycles. The first kappa shape index (κ1) is 30.2. The number of hydrogen-bond acceptors (Lipinski definition) is 6. The van der Waals surface area contributed by atoms with Crippen molar-refractivity contribution in [2.24, 2.45) is 5.41 Å². The number of halogens is 2. The summed E-state index contributed by atoms with van der Waals surface area (Å²) in [7, 11) is 2.00. The molecule has 40 heavy (non-hydrogen) atoms. The third-order valence-electron chi connectivity index (χ3n) is 7.57. The van der Waals surface area contributed by atoms with E-state index in [1.807, 2.05) is 43.8 Å².